The predicted octanol–water partition coefficient (Wildman–Crippen LogP) is 4.66. The predicted molar refractivity (Wildman–Crippen MR) is 126 cm³/mol. The van der Waals surface area contributed by atoms with Gasteiger partial charge in [0.05, 0.1) is 0 Å². The summed E-state index contributed by atoms with van der Waals surface area (Å²) in [5.41, 5.74) is 0.699. The fourth-order valence-electron chi connectivity index (χ4n) is 2.85. The lowest BCUT2D eigenvalue weighted by molar-refractivity contribution is -0.123. The van der Waals surface area contributed by atoms with E-state index in [2.05, 4.69) is 22.5 Å². The first-order chi connectivity index (χ1) is 16.1. The van der Waals surface area contributed by atoms with E-state index in [-0.39, 0.29) is 25.3 Å². The molecule has 2 aromatic rings. The SMILES string of the molecule is C=CC[C@H](NC(=O)OCc1ccccc1)C(=O)NCc1cc(F)ccc1NC(=O)OC(C)(C)C. The highest BCUT2D eigenvalue weighted by Crippen LogP contribution is 2.19. The lowest BCUT2D eigenvalue weighted by Gasteiger charge is -2.21. The van der Waals surface area contributed by atoms with Crippen LogP contribution in [0, 0.1) is 5.82 Å². The Morgan fingerprint density at radius 2 is 1.79 bits per heavy atom. The first-order valence-corrected chi connectivity index (χ1v) is 10.7. The largest absolute Gasteiger partial charge is 0.445 e. The van der Waals surface area contributed by atoms with Crippen molar-refractivity contribution in [2.75, 3.05) is 5.32 Å². The summed E-state index contributed by atoms with van der Waals surface area (Å²) in [5, 5.41) is 7.69. The summed E-state index contributed by atoms with van der Waals surface area (Å²) in [5.74, 6) is -1.06. The normalized spacial score (nSPS) is 11.6. The Balaban J connectivity index is 1.98. The molecule has 0 saturated carbocycles. The maximum atomic E-state index is 13.8. The molecule has 0 aliphatic heterocycles. The quantitative estimate of drug-likeness (QED) is 0.461. The number of halogens is 1. The Morgan fingerprint density at radius 1 is 1.09 bits per heavy atom. The number of carbonyl (C=O) groups is 3. The number of carbonyl (C=O) groups excluding carboxylic acids is 3. The molecule has 2 aromatic carbocycles. The van der Waals surface area contributed by atoms with Gasteiger partial charge in [0.1, 0.15) is 24.1 Å². The number of hydrogen-bond acceptors (Lipinski definition) is 5. The monoisotopic (exact) mass is 471 g/mol. The minimum absolute atomic E-state index is 0.0537. The van der Waals surface area contributed by atoms with Crippen LogP contribution in [0.3, 0.4) is 0 Å². The van der Waals surface area contributed by atoms with E-state index in [4.69, 9.17) is 9.47 Å². The Kier molecular flexibility index (Phi) is 9.61. The molecule has 0 spiro atoms. The molecule has 0 aliphatic rings. The first kappa shape index (κ1) is 26.4. The number of rotatable bonds is 9. The summed E-state index contributed by atoms with van der Waals surface area (Å²) < 4.78 is 24.2. The van der Waals surface area contributed by atoms with Crippen molar-refractivity contribution in [1.29, 1.82) is 0 Å². The maximum absolute atomic E-state index is 13.8. The lowest BCUT2D eigenvalue weighted by Crippen LogP contribution is -2.46. The van der Waals surface area contributed by atoms with Gasteiger partial charge in [-0.1, -0.05) is 36.4 Å². The van der Waals surface area contributed by atoms with Gasteiger partial charge >= 0.3 is 12.2 Å². The topological polar surface area (TPSA) is 106 Å². The average Bonchev–Trinajstić information content (AvgIpc) is 2.76. The van der Waals surface area contributed by atoms with Crippen LogP contribution in [-0.4, -0.2) is 29.7 Å². The van der Waals surface area contributed by atoms with Crippen molar-refractivity contribution in [2.45, 2.75) is 52.0 Å². The van der Waals surface area contributed by atoms with Gasteiger partial charge in [-0.15, -0.1) is 6.58 Å². The van der Waals surface area contributed by atoms with E-state index in [1.165, 1.54) is 24.3 Å². The van der Waals surface area contributed by atoms with Gasteiger partial charge in [-0.3, -0.25) is 10.1 Å². The molecule has 182 valence electrons. The number of nitrogens with one attached hydrogen (secondary N) is 3. The minimum atomic E-state index is -0.948. The highest BCUT2D eigenvalue weighted by molar-refractivity contribution is 5.87. The second-order valence-corrected chi connectivity index (χ2v) is 8.43. The van der Waals surface area contributed by atoms with Gasteiger partial charge in [0.15, 0.2) is 0 Å². The van der Waals surface area contributed by atoms with Crippen LogP contribution in [-0.2, 0) is 27.4 Å². The number of alkyl carbamates (subject to hydrolysis) is 1. The molecule has 9 heteroatoms. The number of anilines is 1. The van der Waals surface area contributed by atoms with Crippen molar-refractivity contribution in [1.82, 2.24) is 10.6 Å². The zero-order valence-corrected chi connectivity index (χ0v) is 19.5. The molecular formula is C25H30FN3O5. The molecule has 2 rings (SSSR count). The number of hydrogen-bond donors (Lipinski definition) is 3. The third-order valence-electron chi connectivity index (χ3n) is 4.38. The minimum Gasteiger partial charge on any atom is -0.445 e. The van der Waals surface area contributed by atoms with Gasteiger partial charge in [0.25, 0.3) is 0 Å². The molecule has 0 radical (unpaired) electrons. The molecule has 0 unspecified atom stereocenters. The number of ether oxygens (including phenoxy) is 2. The van der Waals surface area contributed by atoms with Crippen LogP contribution in [0.15, 0.2) is 61.2 Å². The molecule has 0 aliphatic carbocycles. The summed E-state index contributed by atoms with van der Waals surface area (Å²) in [6.45, 7) is 8.71. The summed E-state index contributed by atoms with van der Waals surface area (Å²) >= 11 is 0. The highest BCUT2D eigenvalue weighted by atomic mass is 19.1. The van der Waals surface area contributed by atoms with Crippen LogP contribution in [0.2, 0.25) is 0 Å². The van der Waals surface area contributed by atoms with Crippen molar-refractivity contribution in [2.24, 2.45) is 0 Å². The van der Waals surface area contributed by atoms with E-state index >= 15 is 0 Å². The van der Waals surface area contributed by atoms with E-state index in [0.717, 1.165) is 5.56 Å². The molecular weight excluding hydrogens is 441 g/mol. The van der Waals surface area contributed by atoms with Gasteiger partial charge in [-0.25, -0.2) is 14.0 Å². The van der Waals surface area contributed by atoms with Crippen molar-refractivity contribution < 1.29 is 28.2 Å². The van der Waals surface area contributed by atoms with Crippen LogP contribution in [0.25, 0.3) is 0 Å². The van der Waals surface area contributed by atoms with E-state index in [0.29, 0.717) is 5.56 Å². The van der Waals surface area contributed by atoms with Gasteiger partial charge in [-0.2, -0.15) is 0 Å². The zero-order valence-electron chi connectivity index (χ0n) is 19.5. The molecule has 0 aromatic heterocycles. The van der Waals surface area contributed by atoms with Crippen molar-refractivity contribution in [3.63, 3.8) is 0 Å². The fourth-order valence-corrected chi connectivity index (χ4v) is 2.85. The van der Waals surface area contributed by atoms with Gasteiger partial charge in [0, 0.05) is 12.2 Å². The number of amides is 3. The Morgan fingerprint density at radius 3 is 2.44 bits per heavy atom. The van der Waals surface area contributed by atoms with Crippen molar-refractivity contribution in [3.8, 4) is 0 Å². The zero-order chi connectivity index (χ0) is 25.1. The molecule has 0 bridgehead atoms. The first-order valence-electron chi connectivity index (χ1n) is 10.7. The van der Waals surface area contributed by atoms with Crippen LogP contribution < -0.4 is 16.0 Å². The molecule has 0 saturated heterocycles. The van der Waals surface area contributed by atoms with Crippen LogP contribution in [0.4, 0.5) is 19.7 Å². The Labute approximate surface area is 198 Å². The van der Waals surface area contributed by atoms with E-state index in [1.807, 2.05) is 30.3 Å². The Bertz CT molecular complexity index is 1010. The summed E-state index contributed by atoms with van der Waals surface area (Å²) in [6.07, 6.45) is 0.167. The third kappa shape index (κ3) is 9.32. The standard InChI is InChI=1S/C25H30FN3O5/c1-5-9-21(29-23(31)33-16-17-10-7-6-8-11-17)22(30)27-15-18-14-19(26)12-13-20(18)28-24(32)34-25(2,3)4/h5-8,10-14,21H,1,9,15-16H2,2-4H3,(H,27,30)(H,28,32)(H,29,31)/t21-/m0/s1. The van der Waals surface area contributed by atoms with Gasteiger partial charge < -0.3 is 20.1 Å². The molecule has 1 atom stereocenters. The van der Waals surface area contributed by atoms with Crippen LogP contribution in [0.5, 0.6) is 0 Å². The van der Waals surface area contributed by atoms with E-state index < -0.39 is 35.6 Å². The maximum Gasteiger partial charge on any atom is 0.412 e. The molecule has 8 nitrogen and oxygen atoms in total. The second-order valence-electron chi connectivity index (χ2n) is 8.43. The van der Waals surface area contributed by atoms with Gasteiger partial charge in [-0.05, 0) is 56.5 Å². The fraction of sp³-hybridized carbons (Fsp3) is 0.320. The summed E-state index contributed by atoms with van der Waals surface area (Å²) in [6, 6.07) is 11.9. The van der Waals surface area contributed by atoms with E-state index in [1.54, 1.807) is 20.8 Å². The van der Waals surface area contributed by atoms with Crippen LogP contribution in [0.1, 0.15) is 38.3 Å². The van der Waals surface area contributed by atoms with E-state index in [9.17, 15) is 18.8 Å². The Hall–Kier alpha value is -3.88. The van der Waals surface area contributed by atoms with Crippen molar-refractivity contribution >= 4 is 23.8 Å². The number of benzene rings is 2. The second kappa shape index (κ2) is 12.4. The lowest BCUT2D eigenvalue weighted by atomic mass is 10.1. The molecule has 3 N–H and O–H groups in total. The van der Waals surface area contributed by atoms with Crippen molar-refractivity contribution in [3.05, 3.63) is 78.1 Å². The molecule has 0 heterocycles. The summed E-state index contributed by atoms with van der Waals surface area (Å²) in [4.78, 5) is 36.9. The smallest absolute Gasteiger partial charge is 0.412 e. The van der Waals surface area contributed by atoms with Crippen LogP contribution >= 0.6 is 0 Å². The molecule has 0 fully saturated rings. The molecule has 34 heavy (non-hydrogen) atoms. The highest BCUT2D eigenvalue weighted by Gasteiger charge is 2.21. The third-order valence-corrected chi connectivity index (χ3v) is 4.38. The molecule has 3 amide bonds. The average molecular weight is 472 g/mol. The summed E-state index contributed by atoms with van der Waals surface area (Å²) in [7, 11) is 0. The van der Waals surface area contributed by atoms with Gasteiger partial charge in [0.2, 0.25) is 5.91 Å².